The lowest BCUT2D eigenvalue weighted by Crippen LogP contribution is -2.51. The molecule has 0 atom stereocenters. The minimum atomic E-state index is -0.559. The topological polar surface area (TPSA) is 45.0 Å². The first kappa shape index (κ1) is 24.8. The second-order valence-corrected chi connectivity index (χ2v) is 9.79. The first-order chi connectivity index (χ1) is 19.1. The van der Waals surface area contributed by atoms with Crippen molar-refractivity contribution in [2.45, 2.75) is 6.04 Å². The molecule has 1 aliphatic heterocycles. The van der Waals surface area contributed by atoms with E-state index in [0.29, 0.717) is 43.0 Å². The molecule has 3 aromatic carbocycles. The van der Waals surface area contributed by atoms with Crippen LogP contribution < -0.4 is 0 Å². The largest absolute Gasteiger partial charge is 0.333 e. The zero-order chi connectivity index (χ0) is 26.8. The lowest BCUT2D eigenvalue weighted by Gasteiger charge is -2.39. The highest BCUT2D eigenvalue weighted by Gasteiger charge is 2.33. The Morgan fingerprint density at radius 2 is 1.28 bits per heavy atom. The van der Waals surface area contributed by atoms with E-state index in [1.807, 2.05) is 60.7 Å². The quantitative estimate of drug-likeness (QED) is 0.209. The summed E-state index contributed by atoms with van der Waals surface area (Å²) in [6.45, 7) is 2.20. The van der Waals surface area contributed by atoms with Crippen molar-refractivity contribution in [3.05, 3.63) is 138 Å². The van der Waals surface area contributed by atoms with Crippen molar-refractivity contribution in [1.82, 2.24) is 14.2 Å². The van der Waals surface area contributed by atoms with Gasteiger partial charge in [-0.15, -0.1) is 0 Å². The maximum atomic E-state index is 13.7. The predicted molar refractivity (Wildman–Crippen MR) is 150 cm³/mol. The maximum Gasteiger partial charge on any atom is 0.296 e. The maximum absolute atomic E-state index is 13.7. The Balaban J connectivity index is 1.25. The molecule has 6 rings (SSSR count). The molecule has 6 heteroatoms. The lowest BCUT2D eigenvalue weighted by molar-refractivity contribution is -0.128. The van der Waals surface area contributed by atoms with Gasteiger partial charge in [0.15, 0.2) is 0 Å². The number of amides is 1. The minimum absolute atomic E-state index is 0.0694. The molecule has 1 amide bonds. The summed E-state index contributed by atoms with van der Waals surface area (Å²) < 4.78 is 15.4. The molecular formula is C33H28FN3O2. The number of Topliss-reactive ketones (excluding diaryl/α,β-unsaturated/α-hetero) is 1. The molecule has 0 N–H and O–H groups in total. The van der Waals surface area contributed by atoms with E-state index >= 15 is 0 Å². The van der Waals surface area contributed by atoms with Gasteiger partial charge in [-0.05, 0) is 47.0 Å². The zero-order valence-corrected chi connectivity index (χ0v) is 21.4. The molecule has 194 valence electrons. The Morgan fingerprint density at radius 3 is 1.90 bits per heavy atom. The number of pyridine rings is 1. The number of aromatic nitrogens is 1. The summed E-state index contributed by atoms with van der Waals surface area (Å²) in [6.07, 6.45) is 1.78. The van der Waals surface area contributed by atoms with Gasteiger partial charge in [0.25, 0.3) is 11.7 Å². The number of rotatable bonds is 6. The number of hydrogen-bond donors (Lipinski definition) is 0. The van der Waals surface area contributed by atoms with Crippen LogP contribution in [0.15, 0.2) is 115 Å². The van der Waals surface area contributed by atoms with Gasteiger partial charge in [0, 0.05) is 43.5 Å². The summed E-state index contributed by atoms with van der Waals surface area (Å²) in [5.74, 6) is -1.43. The zero-order valence-electron chi connectivity index (χ0n) is 21.4. The van der Waals surface area contributed by atoms with Crippen LogP contribution in [0.25, 0.3) is 16.6 Å². The average molecular weight is 518 g/mol. The molecule has 0 aliphatic carbocycles. The summed E-state index contributed by atoms with van der Waals surface area (Å²) >= 11 is 0. The smallest absolute Gasteiger partial charge is 0.296 e. The van der Waals surface area contributed by atoms with Gasteiger partial charge in [-0.3, -0.25) is 14.5 Å². The third kappa shape index (κ3) is 4.87. The average Bonchev–Trinajstić information content (AvgIpc) is 3.38. The highest BCUT2D eigenvalue weighted by Crippen LogP contribution is 2.31. The van der Waals surface area contributed by atoms with Crippen LogP contribution in [-0.4, -0.2) is 52.1 Å². The summed E-state index contributed by atoms with van der Waals surface area (Å²) in [4.78, 5) is 31.3. The Labute approximate surface area is 226 Å². The van der Waals surface area contributed by atoms with Gasteiger partial charge in [-0.25, -0.2) is 4.39 Å². The normalized spacial score (nSPS) is 14.2. The second kappa shape index (κ2) is 10.7. The van der Waals surface area contributed by atoms with Crippen molar-refractivity contribution in [2.24, 2.45) is 0 Å². The van der Waals surface area contributed by atoms with Crippen LogP contribution in [0.2, 0.25) is 0 Å². The SMILES string of the molecule is O=C(C(=O)N1CCN(C(c2ccccc2)c2ccccc2)CC1)c1c(-c2ccc(F)cc2)cc2ccccn12. The summed E-state index contributed by atoms with van der Waals surface area (Å²) in [5.41, 5.74) is 4.80. The van der Waals surface area contributed by atoms with Crippen LogP contribution in [0.5, 0.6) is 0 Å². The fraction of sp³-hybridized carbons (Fsp3) is 0.152. The highest BCUT2D eigenvalue weighted by molar-refractivity contribution is 6.43. The van der Waals surface area contributed by atoms with Crippen LogP contribution in [0.3, 0.4) is 0 Å². The molecule has 39 heavy (non-hydrogen) atoms. The van der Waals surface area contributed by atoms with Gasteiger partial charge in [0.2, 0.25) is 0 Å². The van der Waals surface area contributed by atoms with Crippen LogP contribution in [0, 0.1) is 5.82 Å². The summed E-state index contributed by atoms with van der Waals surface area (Å²) in [6, 6.07) is 34.3. The second-order valence-electron chi connectivity index (χ2n) is 9.79. The van der Waals surface area contributed by atoms with E-state index < -0.39 is 11.7 Å². The lowest BCUT2D eigenvalue weighted by atomic mass is 9.96. The van der Waals surface area contributed by atoms with Crippen LogP contribution in [-0.2, 0) is 4.79 Å². The number of nitrogens with zero attached hydrogens (tertiary/aromatic N) is 3. The standard InChI is InChI=1S/C33H28FN3O2/c34-27-16-14-24(15-17-27)29-23-28-13-7-8-18-37(28)31(29)32(38)33(39)36-21-19-35(20-22-36)30(25-9-3-1-4-10-25)26-11-5-2-6-12-26/h1-18,23,30H,19-22H2. The van der Waals surface area contributed by atoms with Crippen LogP contribution >= 0.6 is 0 Å². The van der Waals surface area contributed by atoms with E-state index in [-0.39, 0.29) is 11.9 Å². The van der Waals surface area contributed by atoms with Crippen LogP contribution in [0.1, 0.15) is 27.7 Å². The molecule has 1 saturated heterocycles. The van der Waals surface area contributed by atoms with E-state index in [1.165, 1.54) is 23.3 Å². The third-order valence-electron chi connectivity index (χ3n) is 7.44. The Morgan fingerprint density at radius 1 is 0.692 bits per heavy atom. The summed E-state index contributed by atoms with van der Waals surface area (Å²) in [5, 5.41) is 0. The molecule has 5 aromatic rings. The number of carbonyl (C=O) groups is 2. The van der Waals surface area contributed by atoms with Crippen molar-refractivity contribution in [3.8, 4) is 11.1 Å². The predicted octanol–water partition coefficient (Wildman–Crippen LogP) is 5.86. The molecule has 0 spiro atoms. The van der Waals surface area contributed by atoms with Gasteiger partial charge in [-0.1, -0.05) is 78.9 Å². The number of hydrogen-bond acceptors (Lipinski definition) is 3. The van der Waals surface area contributed by atoms with E-state index in [9.17, 15) is 14.0 Å². The molecule has 1 aliphatic rings. The molecule has 1 fully saturated rings. The number of ketones is 1. The number of fused-ring (bicyclic) bond motifs is 1. The fourth-order valence-electron chi connectivity index (χ4n) is 5.52. The number of piperazine rings is 1. The van der Waals surface area contributed by atoms with Gasteiger partial charge >= 0.3 is 0 Å². The Hall–Kier alpha value is -4.55. The molecule has 0 unspecified atom stereocenters. The molecule has 0 bridgehead atoms. The van der Waals surface area contributed by atoms with Gasteiger partial charge < -0.3 is 9.30 Å². The van der Waals surface area contributed by atoms with Gasteiger partial charge in [0.05, 0.1) is 6.04 Å². The molecule has 0 saturated carbocycles. The molecule has 2 aromatic heterocycles. The first-order valence-corrected chi connectivity index (χ1v) is 13.1. The molecule has 3 heterocycles. The van der Waals surface area contributed by atoms with Crippen LogP contribution in [0.4, 0.5) is 4.39 Å². The Bertz CT molecular complexity index is 1570. The molecule has 5 nitrogen and oxygen atoms in total. The van der Waals surface area contributed by atoms with E-state index in [1.54, 1.807) is 27.6 Å². The Kier molecular flexibility index (Phi) is 6.78. The molecule has 0 radical (unpaired) electrons. The highest BCUT2D eigenvalue weighted by atomic mass is 19.1. The summed E-state index contributed by atoms with van der Waals surface area (Å²) in [7, 11) is 0. The van der Waals surface area contributed by atoms with Crippen molar-refractivity contribution < 1.29 is 14.0 Å². The van der Waals surface area contributed by atoms with E-state index in [4.69, 9.17) is 0 Å². The van der Waals surface area contributed by atoms with Gasteiger partial charge in [-0.2, -0.15) is 0 Å². The first-order valence-electron chi connectivity index (χ1n) is 13.1. The minimum Gasteiger partial charge on any atom is -0.333 e. The van der Waals surface area contributed by atoms with E-state index in [0.717, 1.165) is 5.52 Å². The number of carbonyl (C=O) groups excluding carboxylic acids is 2. The van der Waals surface area contributed by atoms with Crippen molar-refractivity contribution in [1.29, 1.82) is 0 Å². The van der Waals surface area contributed by atoms with Crippen molar-refractivity contribution >= 4 is 17.2 Å². The van der Waals surface area contributed by atoms with E-state index in [2.05, 4.69) is 29.2 Å². The van der Waals surface area contributed by atoms with Gasteiger partial charge in [0.1, 0.15) is 11.5 Å². The fourth-order valence-corrected chi connectivity index (χ4v) is 5.52. The molecular weight excluding hydrogens is 489 g/mol. The third-order valence-corrected chi connectivity index (χ3v) is 7.44. The number of halogens is 1. The number of benzene rings is 3. The monoisotopic (exact) mass is 517 g/mol. The van der Waals surface area contributed by atoms with Crippen molar-refractivity contribution in [3.63, 3.8) is 0 Å². The van der Waals surface area contributed by atoms with Crippen molar-refractivity contribution in [2.75, 3.05) is 26.2 Å².